The van der Waals surface area contributed by atoms with Crippen molar-refractivity contribution < 1.29 is 0 Å². The molecule has 0 aromatic rings. The van der Waals surface area contributed by atoms with Gasteiger partial charge in [0.2, 0.25) is 0 Å². The van der Waals surface area contributed by atoms with E-state index in [-0.39, 0.29) is 5.71 Å². The Hall–Kier alpha value is -1.10. The minimum Gasteiger partial charge on any atom is -0.290 e. The van der Waals surface area contributed by atoms with Crippen molar-refractivity contribution in [2.24, 2.45) is 0 Å². The van der Waals surface area contributed by atoms with E-state index in [1.165, 1.54) is 0 Å². The average molecular weight is 94.1 g/mol. The number of rotatable bonds is 1. The quantitative estimate of drug-likeness (QED) is 0.486. The number of hydrogen-bond acceptors (Lipinski definition) is 2. The molecule has 0 aliphatic carbocycles. The Bertz CT molecular complexity index is 139. The van der Waals surface area contributed by atoms with Gasteiger partial charge in [0, 0.05) is 0 Å². The minimum atomic E-state index is -0.0417. The van der Waals surface area contributed by atoms with Gasteiger partial charge in [-0.1, -0.05) is 6.58 Å². The lowest BCUT2D eigenvalue weighted by Gasteiger charge is -1.82. The molecular formula is C5H6N2. The molecule has 0 heterocycles. The van der Waals surface area contributed by atoms with Gasteiger partial charge in [0.15, 0.2) is 0 Å². The van der Waals surface area contributed by atoms with Gasteiger partial charge in [-0.05, 0) is 12.5 Å². The molecule has 0 unspecified atom stereocenters. The van der Waals surface area contributed by atoms with Crippen LogP contribution in [0, 0.1) is 16.7 Å². The highest BCUT2D eigenvalue weighted by Crippen LogP contribution is 1.85. The highest BCUT2D eigenvalue weighted by molar-refractivity contribution is 6.08. The summed E-state index contributed by atoms with van der Waals surface area (Å²) in [7, 11) is 0. The van der Waals surface area contributed by atoms with Crippen molar-refractivity contribution in [1.82, 2.24) is 0 Å². The number of hydrogen-bond donors (Lipinski definition) is 1. The topological polar surface area (TPSA) is 47.6 Å². The Morgan fingerprint density at radius 1 is 1.86 bits per heavy atom. The molecule has 0 aliphatic heterocycles. The van der Waals surface area contributed by atoms with E-state index in [9.17, 15) is 0 Å². The van der Waals surface area contributed by atoms with Gasteiger partial charge in [-0.15, -0.1) is 0 Å². The zero-order chi connectivity index (χ0) is 5.86. The summed E-state index contributed by atoms with van der Waals surface area (Å²) in [6.45, 7) is 5.01. The molecule has 0 spiro atoms. The molecule has 0 bridgehead atoms. The predicted octanol–water partition coefficient (Wildman–Crippen LogP) is 1.11. The van der Waals surface area contributed by atoms with Crippen molar-refractivity contribution in [2.75, 3.05) is 0 Å². The van der Waals surface area contributed by atoms with Crippen LogP contribution in [-0.4, -0.2) is 5.71 Å². The lowest BCUT2D eigenvalue weighted by molar-refractivity contribution is 1.45. The molecular weight excluding hydrogens is 88.1 g/mol. The highest BCUT2D eigenvalue weighted by atomic mass is 14.4. The summed E-state index contributed by atoms with van der Waals surface area (Å²) in [6, 6.07) is 1.65. The summed E-state index contributed by atoms with van der Waals surface area (Å²) in [5.74, 6) is 0. The Kier molecular flexibility index (Phi) is 1.80. The van der Waals surface area contributed by atoms with E-state index >= 15 is 0 Å². The van der Waals surface area contributed by atoms with Crippen LogP contribution >= 0.6 is 0 Å². The van der Waals surface area contributed by atoms with Gasteiger partial charge >= 0.3 is 0 Å². The second-order valence-electron chi connectivity index (χ2n) is 1.27. The van der Waals surface area contributed by atoms with Crippen LogP contribution in [0.25, 0.3) is 0 Å². The van der Waals surface area contributed by atoms with Crippen LogP contribution in [0.15, 0.2) is 12.2 Å². The molecule has 0 aliphatic rings. The zero-order valence-corrected chi connectivity index (χ0v) is 4.15. The normalized spacial score (nSPS) is 6.86. The van der Waals surface area contributed by atoms with E-state index in [1.54, 1.807) is 13.0 Å². The van der Waals surface area contributed by atoms with Crippen LogP contribution in [-0.2, 0) is 0 Å². The van der Waals surface area contributed by atoms with Crippen molar-refractivity contribution in [2.45, 2.75) is 6.92 Å². The first-order valence-electron chi connectivity index (χ1n) is 1.83. The third kappa shape index (κ3) is 1.72. The van der Waals surface area contributed by atoms with E-state index in [0.29, 0.717) is 5.57 Å². The molecule has 0 aromatic carbocycles. The van der Waals surface area contributed by atoms with Gasteiger partial charge < -0.3 is 0 Å². The molecule has 0 amide bonds. The Balaban J connectivity index is 3.90. The average Bonchev–Trinajstić information content (AvgIpc) is 1.65. The SMILES string of the molecule is C=C(C)C(=N)C#N. The van der Waals surface area contributed by atoms with E-state index in [0.717, 1.165) is 0 Å². The van der Waals surface area contributed by atoms with Crippen LogP contribution in [0.5, 0.6) is 0 Å². The molecule has 0 saturated carbocycles. The maximum absolute atomic E-state index is 7.97. The van der Waals surface area contributed by atoms with Crippen LogP contribution in [0.1, 0.15) is 6.92 Å². The van der Waals surface area contributed by atoms with E-state index in [4.69, 9.17) is 10.7 Å². The smallest absolute Gasteiger partial charge is 0.134 e. The summed E-state index contributed by atoms with van der Waals surface area (Å²) in [4.78, 5) is 0. The lowest BCUT2D eigenvalue weighted by Crippen LogP contribution is -1.88. The lowest BCUT2D eigenvalue weighted by atomic mass is 10.2. The summed E-state index contributed by atoms with van der Waals surface area (Å²) in [6.07, 6.45) is 0. The third-order valence-corrected chi connectivity index (χ3v) is 0.539. The van der Waals surface area contributed by atoms with Crippen LogP contribution in [0.2, 0.25) is 0 Å². The fourth-order valence-electron chi connectivity index (χ4n) is 0.0954. The fourth-order valence-corrected chi connectivity index (χ4v) is 0.0954. The number of allylic oxidation sites excluding steroid dienone is 1. The molecule has 2 nitrogen and oxygen atoms in total. The molecule has 1 N–H and O–H groups in total. The standard InChI is InChI=1S/C5H6N2/c1-4(2)5(7)3-6/h7H,1H2,2H3. The largest absolute Gasteiger partial charge is 0.290 e. The first kappa shape index (κ1) is 5.90. The third-order valence-electron chi connectivity index (χ3n) is 0.539. The molecule has 0 atom stereocenters. The van der Waals surface area contributed by atoms with Gasteiger partial charge in [0.1, 0.15) is 11.8 Å². The molecule has 0 rings (SSSR count). The first-order chi connectivity index (χ1) is 3.18. The van der Waals surface area contributed by atoms with E-state index < -0.39 is 0 Å². The van der Waals surface area contributed by atoms with Crippen molar-refractivity contribution in [3.05, 3.63) is 12.2 Å². The van der Waals surface area contributed by atoms with Gasteiger partial charge in [-0.25, -0.2) is 0 Å². The second-order valence-corrected chi connectivity index (χ2v) is 1.27. The summed E-state index contributed by atoms with van der Waals surface area (Å²) >= 11 is 0. The highest BCUT2D eigenvalue weighted by Gasteiger charge is 1.88. The zero-order valence-electron chi connectivity index (χ0n) is 4.15. The van der Waals surface area contributed by atoms with Gasteiger partial charge in [-0.2, -0.15) is 5.26 Å². The van der Waals surface area contributed by atoms with Crippen molar-refractivity contribution in [3.8, 4) is 6.07 Å². The van der Waals surface area contributed by atoms with Crippen molar-refractivity contribution in [3.63, 3.8) is 0 Å². The molecule has 0 saturated heterocycles. The Morgan fingerprint density at radius 3 is 2.29 bits per heavy atom. The Morgan fingerprint density at radius 2 is 2.29 bits per heavy atom. The van der Waals surface area contributed by atoms with Crippen LogP contribution in [0.4, 0.5) is 0 Å². The number of nitriles is 1. The van der Waals surface area contributed by atoms with Gasteiger partial charge in [-0.3, -0.25) is 5.41 Å². The van der Waals surface area contributed by atoms with E-state index in [1.807, 2.05) is 0 Å². The predicted molar refractivity (Wildman–Crippen MR) is 28.2 cm³/mol. The first-order valence-corrected chi connectivity index (χ1v) is 1.83. The Labute approximate surface area is 42.6 Å². The second kappa shape index (κ2) is 2.14. The molecule has 36 valence electrons. The molecule has 7 heavy (non-hydrogen) atoms. The number of nitrogens with one attached hydrogen (secondary N) is 1. The fraction of sp³-hybridized carbons (Fsp3) is 0.200. The molecule has 0 fully saturated rings. The van der Waals surface area contributed by atoms with Gasteiger partial charge in [0.25, 0.3) is 0 Å². The van der Waals surface area contributed by atoms with Crippen LogP contribution < -0.4 is 0 Å². The van der Waals surface area contributed by atoms with E-state index in [2.05, 4.69) is 6.58 Å². The summed E-state index contributed by atoms with van der Waals surface area (Å²) in [5, 5.41) is 14.7. The summed E-state index contributed by atoms with van der Waals surface area (Å²) in [5.41, 5.74) is 0.475. The minimum absolute atomic E-state index is 0.0417. The monoisotopic (exact) mass is 94.1 g/mol. The van der Waals surface area contributed by atoms with Crippen molar-refractivity contribution in [1.29, 1.82) is 10.7 Å². The van der Waals surface area contributed by atoms with Crippen LogP contribution in [0.3, 0.4) is 0 Å². The maximum atomic E-state index is 7.97. The molecule has 2 heteroatoms. The maximum Gasteiger partial charge on any atom is 0.134 e. The van der Waals surface area contributed by atoms with Gasteiger partial charge in [0.05, 0.1) is 0 Å². The summed E-state index contributed by atoms with van der Waals surface area (Å²) < 4.78 is 0. The van der Waals surface area contributed by atoms with Crippen molar-refractivity contribution >= 4 is 5.71 Å². The molecule has 0 radical (unpaired) electrons. The molecule has 0 aromatic heterocycles. The number of nitrogens with zero attached hydrogens (tertiary/aromatic N) is 1.